The molecule has 2 aliphatic rings. The van der Waals surface area contributed by atoms with Gasteiger partial charge in [-0.25, -0.2) is 9.97 Å². The topological polar surface area (TPSA) is 115 Å². The number of carbonyl (C=O) groups is 2. The van der Waals surface area contributed by atoms with Gasteiger partial charge in [0.1, 0.15) is 10.5 Å². The molecule has 2 N–H and O–H groups in total. The van der Waals surface area contributed by atoms with Crippen molar-refractivity contribution in [2.75, 3.05) is 39.0 Å². The van der Waals surface area contributed by atoms with Crippen LogP contribution in [-0.4, -0.2) is 80.4 Å². The van der Waals surface area contributed by atoms with Crippen LogP contribution in [0.3, 0.4) is 0 Å². The van der Waals surface area contributed by atoms with E-state index in [9.17, 15) is 14.7 Å². The number of likely N-dealkylation sites (tertiary alicyclic amines) is 1. The van der Waals surface area contributed by atoms with Gasteiger partial charge in [-0.1, -0.05) is 41.9 Å². The predicted molar refractivity (Wildman–Crippen MR) is 189 cm³/mol. The number of hydrogen-bond donors (Lipinski definition) is 2. The molecule has 48 heavy (non-hydrogen) atoms. The number of carboxylic acid groups (broad SMARTS) is 1. The number of benzene rings is 2. The summed E-state index contributed by atoms with van der Waals surface area (Å²) in [6, 6.07) is 16.1. The number of anilines is 2. The van der Waals surface area contributed by atoms with Gasteiger partial charge in [-0.15, -0.1) is 11.3 Å². The number of nitrogens with zero attached hydrogens (tertiary/aromatic N) is 6. The number of aromatic nitrogens is 3. The van der Waals surface area contributed by atoms with E-state index in [1.54, 1.807) is 17.5 Å². The summed E-state index contributed by atoms with van der Waals surface area (Å²) in [6.07, 6.45) is 4.26. The first-order valence-electron chi connectivity index (χ1n) is 15.9. The van der Waals surface area contributed by atoms with Crippen LogP contribution in [0.15, 0.2) is 60.9 Å². The second kappa shape index (κ2) is 13.2. The van der Waals surface area contributed by atoms with Gasteiger partial charge in [0.2, 0.25) is 5.91 Å². The molecule has 3 aromatic heterocycles. The van der Waals surface area contributed by atoms with E-state index in [1.807, 2.05) is 60.4 Å². The standard InChI is InChI=1S/C36H36ClN7O3S/c1-21-25(6-4-7-26(21)35-41-29-18-44(19-30(29)48-35)31(45)20-42(2)3)27-8-5-9-28(32(27)37)40-34-33-23(10-12-38-34)14-22(15-39-33)16-43-13-11-24(17-43)36(46)47/h4-10,12,14-15,24H,11,13,16-20H2,1-3H3,(H,38,40)(H,46,47). The fraction of sp³-hybridized carbons (Fsp3) is 0.306. The average Bonchev–Trinajstić information content (AvgIpc) is 3.78. The van der Waals surface area contributed by atoms with Crippen LogP contribution in [0.4, 0.5) is 11.5 Å². The summed E-state index contributed by atoms with van der Waals surface area (Å²) < 4.78 is 0. The van der Waals surface area contributed by atoms with Crippen molar-refractivity contribution in [3.8, 4) is 21.7 Å². The monoisotopic (exact) mass is 681 g/mol. The lowest BCUT2D eigenvalue weighted by atomic mass is 9.96. The zero-order chi connectivity index (χ0) is 33.5. The second-order valence-corrected chi connectivity index (χ2v) is 14.2. The minimum atomic E-state index is -0.730. The van der Waals surface area contributed by atoms with Crippen molar-refractivity contribution < 1.29 is 14.7 Å². The molecule has 1 amide bonds. The van der Waals surface area contributed by atoms with E-state index in [2.05, 4.69) is 40.3 Å². The number of nitrogens with one attached hydrogen (secondary N) is 1. The van der Waals surface area contributed by atoms with Crippen LogP contribution in [0.1, 0.15) is 28.1 Å². The third-order valence-electron chi connectivity index (χ3n) is 9.05. The first-order valence-corrected chi connectivity index (χ1v) is 17.1. The summed E-state index contributed by atoms with van der Waals surface area (Å²) in [6.45, 7) is 5.60. The molecule has 5 heterocycles. The lowest BCUT2D eigenvalue weighted by molar-refractivity contribution is -0.141. The molecule has 10 nitrogen and oxygen atoms in total. The van der Waals surface area contributed by atoms with Gasteiger partial charge in [-0.3, -0.25) is 19.5 Å². The molecular formula is C36H36ClN7O3S. The largest absolute Gasteiger partial charge is 0.481 e. The molecule has 0 radical (unpaired) electrons. The highest BCUT2D eigenvalue weighted by atomic mass is 35.5. The van der Waals surface area contributed by atoms with Crippen LogP contribution in [0, 0.1) is 12.8 Å². The summed E-state index contributed by atoms with van der Waals surface area (Å²) in [5.41, 5.74) is 7.49. The van der Waals surface area contributed by atoms with Gasteiger partial charge in [-0.05, 0) is 68.9 Å². The van der Waals surface area contributed by atoms with Crippen LogP contribution < -0.4 is 5.32 Å². The van der Waals surface area contributed by atoms with Gasteiger partial charge in [0.25, 0.3) is 0 Å². The maximum atomic E-state index is 12.6. The van der Waals surface area contributed by atoms with Crippen LogP contribution >= 0.6 is 22.9 Å². The van der Waals surface area contributed by atoms with Crippen molar-refractivity contribution in [1.82, 2.24) is 29.7 Å². The van der Waals surface area contributed by atoms with Gasteiger partial charge in [0.15, 0.2) is 5.82 Å². The van der Waals surface area contributed by atoms with Gasteiger partial charge in [0.05, 0.1) is 42.0 Å². The molecule has 0 bridgehead atoms. The van der Waals surface area contributed by atoms with Gasteiger partial charge >= 0.3 is 5.97 Å². The number of carboxylic acids is 1. The molecule has 5 aromatic rings. The summed E-state index contributed by atoms with van der Waals surface area (Å²) in [7, 11) is 3.80. The number of fused-ring (bicyclic) bond motifs is 2. The average molecular weight is 682 g/mol. The quantitative estimate of drug-likeness (QED) is 0.182. The van der Waals surface area contributed by atoms with E-state index in [0.717, 1.165) is 66.5 Å². The van der Waals surface area contributed by atoms with Crippen molar-refractivity contribution in [2.24, 2.45) is 5.92 Å². The molecule has 0 saturated carbocycles. The molecule has 0 spiro atoms. The highest BCUT2D eigenvalue weighted by Crippen LogP contribution is 2.41. The van der Waals surface area contributed by atoms with E-state index >= 15 is 0 Å². The Kier molecular flexibility index (Phi) is 8.86. The van der Waals surface area contributed by atoms with E-state index in [4.69, 9.17) is 21.6 Å². The Bertz CT molecular complexity index is 2020. The third-order valence-corrected chi connectivity index (χ3v) is 10.6. The Hall–Kier alpha value is -4.42. The zero-order valence-electron chi connectivity index (χ0n) is 27.0. The van der Waals surface area contributed by atoms with Crippen LogP contribution in [0.2, 0.25) is 5.02 Å². The number of amides is 1. The highest BCUT2D eigenvalue weighted by molar-refractivity contribution is 7.15. The smallest absolute Gasteiger partial charge is 0.307 e. The number of pyridine rings is 2. The minimum Gasteiger partial charge on any atom is -0.481 e. The predicted octanol–water partition coefficient (Wildman–Crippen LogP) is 6.44. The number of halogens is 1. The van der Waals surface area contributed by atoms with E-state index in [1.165, 1.54) is 0 Å². The summed E-state index contributed by atoms with van der Waals surface area (Å²) in [5.74, 6) is -0.324. The highest BCUT2D eigenvalue weighted by Gasteiger charge is 2.29. The molecule has 1 atom stereocenters. The minimum absolute atomic E-state index is 0.113. The van der Waals surface area contributed by atoms with Crippen molar-refractivity contribution in [1.29, 1.82) is 0 Å². The Labute approximate surface area is 288 Å². The second-order valence-electron chi connectivity index (χ2n) is 12.8. The van der Waals surface area contributed by atoms with Crippen molar-refractivity contribution >= 4 is 57.2 Å². The number of carbonyl (C=O) groups excluding carboxylic acids is 1. The zero-order valence-corrected chi connectivity index (χ0v) is 28.6. The Morgan fingerprint density at radius 1 is 1.08 bits per heavy atom. The maximum absolute atomic E-state index is 12.6. The number of rotatable bonds is 9. The molecule has 2 aliphatic heterocycles. The van der Waals surface area contributed by atoms with Crippen LogP contribution in [-0.2, 0) is 29.2 Å². The van der Waals surface area contributed by atoms with Gasteiger partial charge < -0.3 is 20.2 Å². The van der Waals surface area contributed by atoms with E-state index < -0.39 is 5.97 Å². The number of hydrogen-bond acceptors (Lipinski definition) is 9. The van der Waals surface area contributed by atoms with Crippen molar-refractivity contribution in [3.63, 3.8) is 0 Å². The number of aliphatic carboxylic acids is 1. The molecule has 7 rings (SSSR count). The van der Waals surface area contributed by atoms with Crippen LogP contribution in [0.5, 0.6) is 0 Å². The lowest BCUT2D eigenvalue weighted by Crippen LogP contribution is -2.34. The fourth-order valence-electron chi connectivity index (χ4n) is 6.55. The van der Waals surface area contributed by atoms with Crippen molar-refractivity contribution in [2.45, 2.75) is 33.0 Å². The first kappa shape index (κ1) is 32.1. The Balaban J connectivity index is 1.11. The molecule has 2 aromatic carbocycles. The SMILES string of the molecule is Cc1c(-c2nc3c(s2)CN(C(=O)CN(C)C)C3)cccc1-c1cccc(Nc2nccc3cc(CN4CCC(C(=O)O)C4)cnc23)c1Cl. The van der Waals surface area contributed by atoms with Gasteiger partial charge in [-0.2, -0.15) is 0 Å². The van der Waals surface area contributed by atoms with E-state index in [0.29, 0.717) is 50.0 Å². The molecule has 1 unspecified atom stereocenters. The first-order chi connectivity index (χ1) is 23.1. The van der Waals surface area contributed by atoms with Gasteiger partial charge in [0, 0.05) is 46.9 Å². The molecular weight excluding hydrogens is 646 g/mol. The maximum Gasteiger partial charge on any atom is 0.307 e. The molecule has 246 valence electrons. The van der Waals surface area contributed by atoms with Crippen molar-refractivity contribution in [3.05, 3.63) is 87.6 Å². The summed E-state index contributed by atoms with van der Waals surface area (Å²) in [4.78, 5) is 45.3. The number of thiazole rings is 1. The molecule has 1 fully saturated rings. The lowest BCUT2D eigenvalue weighted by Gasteiger charge is -2.18. The molecule has 12 heteroatoms. The summed E-state index contributed by atoms with van der Waals surface area (Å²) >= 11 is 8.75. The fourth-order valence-corrected chi connectivity index (χ4v) is 7.99. The Morgan fingerprint density at radius 2 is 1.88 bits per heavy atom. The number of likely N-dealkylation sites (N-methyl/N-ethyl adjacent to an activating group) is 1. The molecule has 0 aliphatic carbocycles. The van der Waals surface area contributed by atoms with E-state index in [-0.39, 0.29) is 11.8 Å². The van der Waals surface area contributed by atoms with Crippen LogP contribution in [0.25, 0.3) is 32.6 Å². The third kappa shape index (κ3) is 6.38. The Morgan fingerprint density at radius 3 is 2.65 bits per heavy atom. The molecule has 1 saturated heterocycles. The normalized spacial score (nSPS) is 16.2. The summed E-state index contributed by atoms with van der Waals surface area (Å²) in [5, 5.41) is 15.2.